The van der Waals surface area contributed by atoms with Gasteiger partial charge < -0.3 is 10.1 Å². The van der Waals surface area contributed by atoms with E-state index in [1.54, 1.807) is 13.4 Å². The lowest BCUT2D eigenvalue weighted by Gasteiger charge is -2.46. The third kappa shape index (κ3) is 3.62. The van der Waals surface area contributed by atoms with Gasteiger partial charge in [0.15, 0.2) is 5.72 Å². The molecule has 1 aliphatic heterocycles. The largest absolute Gasteiger partial charge is 0.358 e. The van der Waals surface area contributed by atoms with Gasteiger partial charge in [0, 0.05) is 25.8 Å². The molecule has 4 rings (SSSR count). The molecule has 0 amide bonds. The number of nitrogens with one attached hydrogen (secondary N) is 2. The normalized spacial score (nSPS) is 25.4. The Bertz CT molecular complexity index is 826. The van der Waals surface area contributed by atoms with Crippen molar-refractivity contribution in [2.75, 3.05) is 13.7 Å². The van der Waals surface area contributed by atoms with Crippen molar-refractivity contribution in [1.29, 1.82) is 0 Å². The van der Waals surface area contributed by atoms with Crippen LogP contribution in [-0.4, -0.2) is 39.9 Å². The second kappa shape index (κ2) is 7.96. The lowest BCUT2D eigenvalue weighted by atomic mass is 9.85. The van der Waals surface area contributed by atoms with Crippen molar-refractivity contribution in [3.63, 3.8) is 0 Å². The fourth-order valence-corrected chi connectivity index (χ4v) is 3.84. The molecule has 1 aromatic heterocycles. The van der Waals surface area contributed by atoms with Crippen molar-refractivity contribution in [2.45, 2.75) is 30.8 Å². The van der Waals surface area contributed by atoms with Gasteiger partial charge in [-0.1, -0.05) is 60.7 Å². The highest BCUT2D eigenvalue weighted by Crippen LogP contribution is 2.35. The maximum absolute atomic E-state index is 6.10. The van der Waals surface area contributed by atoms with Crippen molar-refractivity contribution >= 4 is 0 Å². The predicted molar refractivity (Wildman–Crippen MR) is 102 cm³/mol. The standard InChI is InChI=1S/C20H24N6O/c1-27-20(17-10-6-3-7-11-17)19(21-13-16-8-4-2-5-9-16)12-18(14-22-20)26-15-23-24-25-26/h2-11,15,18-19,21-22H,12-14H2,1H3/t18?,19-,20-/m0/s1. The van der Waals surface area contributed by atoms with Crippen molar-refractivity contribution in [2.24, 2.45) is 0 Å². The molecule has 1 unspecified atom stereocenters. The number of aromatic nitrogens is 4. The van der Waals surface area contributed by atoms with Crippen molar-refractivity contribution in [1.82, 2.24) is 30.8 Å². The van der Waals surface area contributed by atoms with Gasteiger partial charge in [0.1, 0.15) is 6.33 Å². The first kappa shape index (κ1) is 17.8. The molecule has 2 aromatic carbocycles. The minimum absolute atomic E-state index is 0.0352. The van der Waals surface area contributed by atoms with E-state index in [1.165, 1.54) is 5.56 Å². The summed E-state index contributed by atoms with van der Waals surface area (Å²) in [5, 5.41) is 19.0. The molecular formula is C20H24N6O. The third-order valence-electron chi connectivity index (χ3n) is 5.26. The fourth-order valence-electron chi connectivity index (χ4n) is 3.84. The Balaban J connectivity index is 1.62. The molecular weight excluding hydrogens is 340 g/mol. The van der Waals surface area contributed by atoms with Gasteiger partial charge in [0.25, 0.3) is 0 Å². The molecule has 3 aromatic rings. The summed E-state index contributed by atoms with van der Waals surface area (Å²) in [6.45, 7) is 1.48. The Labute approximate surface area is 158 Å². The first-order valence-corrected chi connectivity index (χ1v) is 9.17. The maximum atomic E-state index is 6.10. The smallest absolute Gasteiger partial charge is 0.160 e. The van der Waals surface area contributed by atoms with Gasteiger partial charge in [0.05, 0.1) is 12.1 Å². The van der Waals surface area contributed by atoms with E-state index in [2.05, 4.69) is 62.6 Å². The SMILES string of the molecule is CO[C@]1(c2ccccc2)NCC(n2cnnn2)C[C@@H]1NCc1ccccc1. The highest BCUT2D eigenvalue weighted by Gasteiger charge is 2.45. The zero-order chi connectivity index (χ0) is 18.5. The third-order valence-corrected chi connectivity index (χ3v) is 5.26. The van der Waals surface area contributed by atoms with Gasteiger partial charge >= 0.3 is 0 Å². The lowest BCUT2D eigenvalue weighted by molar-refractivity contribution is -0.0989. The zero-order valence-electron chi connectivity index (χ0n) is 15.3. The first-order valence-electron chi connectivity index (χ1n) is 9.17. The van der Waals surface area contributed by atoms with Gasteiger partial charge in [-0.25, -0.2) is 4.68 Å². The molecule has 0 saturated carbocycles. The number of benzene rings is 2. The Morgan fingerprint density at radius 2 is 1.89 bits per heavy atom. The average molecular weight is 364 g/mol. The highest BCUT2D eigenvalue weighted by atomic mass is 16.5. The second-order valence-electron chi connectivity index (χ2n) is 6.79. The Hall–Kier alpha value is -2.61. The summed E-state index contributed by atoms with van der Waals surface area (Å²) in [6, 6.07) is 20.9. The Kier molecular flexibility index (Phi) is 5.24. The minimum atomic E-state index is -0.611. The van der Waals surface area contributed by atoms with Crippen molar-refractivity contribution in [3.05, 3.63) is 78.1 Å². The zero-order valence-corrected chi connectivity index (χ0v) is 15.3. The average Bonchev–Trinajstić information content (AvgIpc) is 3.28. The van der Waals surface area contributed by atoms with Crippen LogP contribution in [0, 0.1) is 0 Å². The summed E-state index contributed by atoms with van der Waals surface area (Å²) in [6.07, 6.45) is 2.51. The van der Waals surface area contributed by atoms with E-state index < -0.39 is 5.72 Å². The number of methoxy groups -OCH3 is 1. The molecule has 140 valence electrons. The molecule has 0 radical (unpaired) electrons. The quantitative estimate of drug-likeness (QED) is 0.695. The van der Waals surface area contributed by atoms with Crippen LogP contribution < -0.4 is 10.6 Å². The van der Waals surface area contributed by atoms with Crippen LogP contribution in [0.2, 0.25) is 0 Å². The topological polar surface area (TPSA) is 76.9 Å². The molecule has 0 bridgehead atoms. The van der Waals surface area contributed by atoms with Crippen LogP contribution in [0.3, 0.4) is 0 Å². The van der Waals surface area contributed by atoms with Gasteiger partial charge in [-0.05, 0) is 22.4 Å². The number of nitrogens with zero attached hydrogens (tertiary/aromatic N) is 4. The molecule has 0 aliphatic carbocycles. The van der Waals surface area contributed by atoms with Gasteiger partial charge in [-0.15, -0.1) is 5.10 Å². The van der Waals surface area contributed by atoms with E-state index in [1.807, 2.05) is 28.9 Å². The van der Waals surface area contributed by atoms with E-state index in [-0.39, 0.29) is 12.1 Å². The van der Waals surface area contributed by atoms with Gasteiger partial charge in [-0.3, -0.25) is 5.32 Å². The molecule has 2 heterocycles. The fraction of sp³-hybridized carbons (Fsp3) is 0.350. The molecule has 27 heavy (non-hydrogen) atoms. The number of piperidine rings is 1. The van der Waals surface area contributed by atoms with E-state index in [9.17, 15) is 0 Å². The maximum Gasteiger partial charge on any atom is 0.160 e. The summed E-state index contributed by atoms with van der Waals surface area (Å²) >= 11 is 0. The number of hydrogen-bond donors (Lipinski definition) is 2. The molecule has 1 aliphatic rings. The monoisotopic (exact) mass is 364 g/mol. The lowest BCUT2D eigenvalue weighted by Crippen LogP contribution is -2.63. The minimum Gasteiger partial charge on any atom is -0.358 e. The number of tetrazole rings is 1. The number of rotatable bonds is 6. The van der Waals surface area contributed by atoms with Crippen LogP contribution in [0.4, 0.5) is 0 Å². The summed E-state index contributed by atoms with van der Waals surface area (Å²) in [4.78, 5) is 0. The number of hydrogen-bond acceptors (Lipinski definition) is 6. The van der Waals surface area contributed by atoms with Crippen molar-refractivity contribution in [3.8, 4) is 0 Å². The highest BCUT2D eigenvalue weighted by molar-refractivity contribution is 5.26. The molecule has 1 saturated heterocycles. The first-order chi connectivity index (χ1) is 13.3. The summed E-state index contributed by atoms with van der Waals surface area (Å²) in [5.74, 6) is 0. The van der Waals surface area contributed by atoms with Crippen LogP contribution in [0.1, 0.15) is 23.6 Å². The summed E-state index contributed by atoms with van der Waals surface area (Å²) in [7, 11) is 1.76. The van der Waals surface area contributed by atoms with Crippen LogP contribution in [0.25, 0.3) is 0 Å². The van der Waals surface area contributed by atoms with E-state index in [4.69, 9.17) is 4.74 Å². The second-order valence-corrected chi connectivity index (χ2v) is 6.79. The Morgan fingerprint density at radius 3 is 2.56 bits per heavy atom. The van der Waals surface area contributed by atoms with Crippen LogP contribution >= 0.6 is 0 Å². The van der Waals surface area contributed by atoms with Crippen molar-refractivity contribution < 1.29 is 4.74 Å². The molecule has 7 nitrogen and oxygen atoms in total. The molecule has 7 heteroatoms. The van der Waals surface area contributed by atoms with Crippen LogP contribution in [0.5, 0.6) is 0 Å². The molecule has 2 N–H and O–H groups in total. The predicted octanol–water partition coefficient (Wildman–Crippen LogP) is 1.87. The van der Waals surface area contributed by atoms with E-state index >= 15 is 0 Å². The Morgan fingerprint density at radius 1 is 1.15 bits per heavy atom. The molecule has 1 fully saturated rings. The summed E-state index contributed by atoms with van der Waals surface area (Å²) < 4.78 is 7.91. The van der Waals surface area contributed by atoms with Crippen LogP contribution in [0.15, 0.2) is 67.0 Å². The van der Waals surface area contributed by atoms with Gasteiger partial charge in [0.2, 0.25) is 0 Å². The number of ether oxygens (including phenoxy) is 1. The molecule has 3 atom stereocenters. The van der Waals surface area contributed by atoms with E-state index in [0.717, 1.165) is 25.1 Å². The molecule has 0 spiro atoms. The summed E-state index contributed by atoms with van der Waals surface area (Å²) in [5.41, 5.74) is 1.73. The van der Waals surface area contributed by atoms with E-state index in [0.29, 0.717) is 0 Å². The van der Waals surface area contributed by atoms with Gasteiger partial charge in [-0.2, -0.15) is 0 Å². The van der Waals surface area contributed by atoms with Crippen LogP contribution in [-0.2, 0) is 17.0 Å².